The van der Waals surface area contributed by atoms with Crippen molar-refractivity contribution in [3.8, 4) is 0 Å². The molecule has 0 amide bonds. The van der Waals surface area contributed by atoms with Crippen LogP contribution in [0.4, 0.5) is 0 Å². The molecule has 0 aromatic carbocycles. The lowest BCUT2D eigenvalue weighted by Gasteiger charge is -1.98. The second kappa shape index (κ2) is 6.71. The SMILES string of the molecule is CCCCCCCCc1cc(C)c(C)o1. The minimum atomic E-state index is 1.08. The molecule has 0 bridgehead atoms. The van der Waals surface area contributed by atoms with Crippen LogP contribution in [0.25, 0.3) is 0 Å². The molecule has 0 unspecified atom stereocenters. The Morgan fingerprint density at radius 3 is 2.27 bits per heavy atom. The van der Waals surface area contributed by atoms with Gasteiger partial charge in [-0.1, -0.05) is 39.0 Å². The molecule has 0 atom stereocenters. The van der Waals surface area contributed by atoms with Gasteiger partial charge < -0.3 is 4.42 Å². The summed E-state index contributed by atoms with van der Waals surface area (Å²) in [6, 6.07) is 2.18. The molecule has 15 heavy (non-hydrogen) atoms. The van der Waals surface area contributed by atoms with Crippen LogP contribution >= 0.6 is 0 Å². The molecule has 0 saturated heterocycles. The summed E-state index contributed by atoms with van der Waals surface area (Å²) in [6.45, 7) is 6.41. The van der Waals surface area contributed by atoms with E-state index in [1.165, 1.54) is 49.8 Å². The Morgan fingerprint density at radius 1 is 1.00 bits per heavy atom. The number of furan rings is 1. The number of hydrogen-bond acceptors (Lipinski definition) is 1. The van der Waals surface area contributed by atoms with Crippen LogP contribution in [0.1, 0.15) is 62.5 Å². The van der Waals surface area contributed by atoms with Gasteiger partial charge >= 0.3 is 0 Å². The molecular formula is C14H24O. The average Bonchev–Trinajstić information content (AvgIpc) is 2.52. The molecule has 1 aromatic heterocycles. The summed E-state index contributed by atoms with van der Waals surface area (Å²) in [6.07, 6.45) is 9.23. The number of unbranched alkanes of at least 4 members (excludes halogenated alkanes) is 5. The summed E-state index contributed by atoms with van der Waals surface area (Å²) < 4.78 is 5.64. The first-order valence-electron chi connectivity index (χ1n) is 6.30. The van der Waals surface area contributed by atoms with E-state index in [2.05, 4.69) is 19.9 Å². The molecule has 0 fully saturated rings. The molecule has 1 rings (SSSR count). The smallest absolute Gasteiger partial charge is 0.104 e. The van der Waals surface area contributed by atoms with Crippen molar-refractivity contribution < 1.29 is 4.42 Å². The second-order valence-corrected chi connectivity index (χ2v) is 4.47. The van der Waals surface area contributed by atoms with Crippen LogP contribution in [-0.2, 0) is 6.42 Å². The van der Waals surface area contributed by atoms with Gasteiger partial charge in [0.05, 0.1) is 0 Å². The van der Waals surface area contributed by atoms with Crippen molar-refractivity contribution in [3.05, 3.63) is 23.2 Å². The molecule has 0 aliphatic carbocycles. The van der Waals surface area contributed by atoms with E-state index < -0.39 is 0 Å². The lowest BCUT2D eigenvalue weighted by Crippen LogP contribution is -1.83. The highest BCUT2D eigenvalue weighted by molar-refractivity contribution is 5.18. The third-order valence-corrected chi connectivity index (χ3v) is 2.99. The van der Waals surface area contributed by atoms with Crippen LogP contribution in [0.2, 0.25) is 0 Å². The van der Waals surface area contributed by atoms with Crippen LogP contribution in [0.15, 0.2) is 10.5 Å². The molecule has 1 nitrogen and oxygen atoms in total. The van der Waals surface area contributed by atoms with E-state index >= 15 is 0 Å². The third-order valence-electron chi connectivity index (χ3n) is 2.99. The van der Waals surface area contributed by atoms with Crippen molar-refractivity contribution in [3.63, 3.8) is 0 Å². The molecule has 1 heterocycles. The van der Waals surface area contributed by atoms with Crippen LogP contribution in [0.3, 0.4) is 0 Å². The standard InChI is InChI=1S/C14H24O/c1-4-5-6-7-8-9-10-14-11-12(2)13(3)15-14/h11H,4-10H2,1-3H3. The van der Waals surface area contributed by atoms with Crippen LogP contribution in [-0.4, -0.2) is 0 Å². The molecule has 0 spiro atoms. The van der Waals surface area contributed by atoms with Crippen molar-refractivity contribution in [2.24, 2.45) is 0 Å². The van der Waals surface area contributed by atoms with Crippen LogP contribution in [0.5, 0.6) is 0 Å². The minimum absolute atomic E-state index is 1.08. The molecule has 1 heteroatoms. The van der Waals surface area contributed by atoms with Gasteiger partial charge in [0.2, 0.25) is 0 Å². The minimum Gasteiger partial charge on any atom is -0.466 e. The summed E-state index contributed by atoms with van der Waals surface area (Å²) in [7, 11) is 0. The summed E-state index contributed by atoms with van der Waals surface area (Å²) in [5, 5.41) is 0. The maximum atomic E-state index is 5.64. The van der Waals surface area contributed by atoms with Gasteiger partial charge in [-0.3, -0.25) is 0 Å². The monoisotopic (exact) mass is 208 g/mol. The van der Waals surface area contributed by atoms with E-state index in [-0.39, 0.29) is 0 Å². The highest BCUT2D eigenvalue weighted by Crippen LogP contribution is 2.16. The van der Waals surface area contributed by atoms with Gasteiger partial charge in [-0.2, -0.15) is 0 Å². The topological polar surface area (TPSA) is 13.1 Å². The Hall–Kier alpha value is -0.720. The van der Waals surface area contributed by atoms with E-state index in [1.807, 2.05) is 6.92 Å². The number of rotatable bonds is 7. The maximum absolute atomic E-state index is 5.64. The van der Waals surface area contributed by atoms with Crippen molar-refractivity contribution in [2.75, 3.05) is 0 Å². The molecule has 0 aliphatic rings. The zero-order chi connectivity index (χ0) is 11.1. The van der Waals surface area contributed by atoms with Gasteiger partial charge in [-0.25, -0.2) is 0 Å². The van der Waals surface area contributed by atoms with Gasteiger partial charge in [-0.05, 0) is 31.9 Å². The molecule has 86 valence electrons. The summed E-state index contributed by atoms with van der Waals surface area (Å²) in [5.41, 5.74) is 1.29. The number of hydrogen-bond donors (Lipinski definition) is 0. The Labute approximate surface area is 93.9 Å². The predicted octanol–water partition coefficient (Wildman–Crippen LogP) is 4.80. The van der Waals surface area contributed by atoms with Gasteiger partial charge in [0.25, 0.3) is 0 Å². The Morgan fingerprint density at radius 2 is 1.67 bits per heavy atom. The number of aryl methyl sites for hydroxylation is 3. The fourth-order valence-corrected chi connectivity index (χ4v) is 1.85. The summed E-state index contributed by atoms with van der Waals surface area (Å²) in [5.74, 6) is 2.25. The summed E-state index contributed by atoms with van der Waals surface area (Å²) in [4.78, 5) is 0. The van der Waals surface area contributed by atoms with Crippen molar-refractivity contribution in [1.29, 1.82) is 0 Å². The van der Waals surface area contributed by atoms with E-state index in [1.54, 1.807) is 0 Å². The second-order valence-electron chi connectivity index (χ2n) is 4.47. The molecule has 0 saturated carbocycles. The van der Waals surface area contributed by atoms with Gasteiger partial charge in [0.1, 0.15) is 11.5 Å². The largest absolute Gasteiger partial charge is 0.466 e. The Bertz CT molecular complexity index is 253. The van der Waals surface area contributed by atoms with Gasteiger partial charge in [0, 0.05) is 6.42 Å². The average molecular weight is 208 g/mol. The molecular weight excluding hydrogens is 184 g/mol. The first-order chi connectivity index (χ1) is 7.24. The molecule has 0 N–H and O–H groups in total. The van der Waals surface area contributed by atoms with E-state index in [0.29, 0.717) is 0 Å². The summed E-state index contributed by atoms with van der Waals surface area (Å²) >= 11 is 0. The molecule has 1 aromatic rings. The highest BCUT2D eigenvalue weighted by Gasteiger charge is 2.02. The predicted molar refractivity (Wildman–Crippen MR) is 65.3 cm³/mol. The third kappa shape index (κ3) is 4.55. The lowest BCUT2D eigenvalue weighted by molar-refractivity contribution is 0.469. The quantitative estimate of drug-likeness (QED) is 0.587. The van der Waals surface area contributed by atoms with Crippen molar-refractivity contribution >= 4 is 0 Å². The molecule has 0 radical (unpaired) electrons. The van der Waals surface area contributed by atoms with Gasteiger partial charge in [0.15, 0.2) is 0 Å². The first-order valence-corrected chi connectivity index (χ1v) is 6.30. The normalized spacial score (nSPS) is 10.9. The van der Waals surface area contributed by atoms with Gasteiger partial charge in [-0.15, -0.1) is 0 Å². The molecule has 0 aliphatic heterocycles. The van der Waals surface area contributed by atoms with E-state index in [4.69, 9.17) is 4.42 Å². The zero-order valence-electron chi connectivity index (χ0n) is 10.4. The fraction of sp³-hybridized carbons (Fsp3) is 0.714. The van der Waals surface area contributed by atoms with Crippen molar-refractivity contribution in [2.45, 2.75) is 65.7 Å². The van der Waals surface area contributed by atoms with E-state index in [9.17, 15) is 0 Å². The highest BCUT2D eigenvalue weighted by atomic mass is 16.3. The van der Waals surface area contributed by atoms with Crippen molar-refractivity contribution in [1.82, 2.24) is 0 Å². The fourth-order valence-electron chi connectivity index (χ4n) is 1.85. The maximum Gasteiger partial charge on any atom is 0.104 e. The Kier molecular flexibility index (Phi) is 5.52. The van der Waals surface area contributed by atoms with Crippen LogP contribution < -0.4 is 0 Å². The van der Waals surface area contributed by atoms with E-state index in [0.717, 1.165) is 12.2 Å². The lowest BCUT2D eigenvalue weighted by atomic mass is 10.1. The Balaban J connectivity index is 2.10. The van der Waals surface area contributed by atoms with Crippen LogP contribution in [0, 0.1) is 13.8 Å². The first kappa shape index (κ1) is 12.4. The zero-order valence-corrected chi connectivity index (χ0v) is 10.4.